The van der Waals surface area contributed by atoms with Crippen molar-refractivity contribution < 1.29 is 4.79 Å². The van der Waals surface area contributed by atoms with E-state index in [9.17, 15) is 4.79 Å². The standard InChI is InChI=1S/C19H24N6O.ClH/c1-2-10-24-11-7-14-3-4-15(12-18(14)24)21-19(26)17-13-25(23-22-17)16-5-8-20-9-6-16;/h3-4,7,11-13,16,20H,2,5-6,8-10H2,1H3,(H,21,26);1H. The van der Waals surface area contributed by atoms with Gasteiger partial charge in [0.15, 0.2) is 5.69 Å². The number of anilines is 1. The first-order valence-corrected chi connectivity index (χ1v) is 9.27. The first-order chi connectivity index (χ1) is 12.7. The molecule has 2 aromatic heterocycles. The molecule has 8 heteroatoms. The summed E-state index contributed by atoms with van der Waals surface area (Å²) in [5, 5.41) is 15.7. The van der Waals surface area contributed by atoms with Crippen molar-refractivity contribution in [2.24, 2.45) is 0 Å². The molecule has 0 spiro atoms. The van der Waals surface area contributed by atoms with Gasteiger partial charge in [-0.25, -0.2) is 4.68 Å². The van der Waals surface area contributed by atoms with E-state index < -0.39 is 0 Å². The number of aryl methyl sites for hydroxylation is 1. The Hall–Kier alpha value is -2.38. The Kier molecular flexibility index (Phi) is 6.13. The summed E-state index contributed by atoms with van der Waals surface area (Å²) in [6.07, 6.45) is 6.93. The van der Waals surface area contributed by atoms with Crippen LogP contribution >= 0.6 is 12.4 Å². The fourth-order valence-corrected chi connectivity index (χ4v) is 3.52. The number of rotatable bonds is 5. The summed E-state index contributed by atoms with van der Waals surface area (Å²) in [6, 6.07) is 8.39. The molecule has 0 radical (unpaired) electrons. The second-order valence-corrected chi connectivity index (χ2v) is 6.80. The molecular weight excluding hydrogens is 364 g/mol. The lowest BCUT2D eigenvalue weighted by molar-refractivity contribution is 0.102. The van der Waals surface area contributed by atoms with Crippen LogP contribution in [-0.4, -0.2) is 38.6 Å². The molecule has 27 heavy (non-hydrogen) atoms. The molecule has 144 valence electrons. The number of carbonyl (C=O) groups excluding carboxylic acids is 1. The highest BCUT2D eigenvalue weighted by Gasteiger charge is 2.19. The Balaban J connectivity index is 0.00000210. The number of hydrogen-bond acceptors (Lipinski definition) is 4. The molecule has 0 aliphatic carbocycles. The Morgan fingerprint density at radius 1 is 1.30 bits per heavy atom. The minimum Gasteiger partial charge on any atom is -0.347 e. The summed E-state index contributed by atoms with van der Waals surface area (Å²) >= 11 is 0. The van der Waals surface area contributed by atoms with Crippen LogP contribution in [0.3, 0.4) is 0 Å². The van der Waals surface area contributed by atoms with Gasteiger partial charge in [-0.2, -0.15) is 0 Å². The minimum atomic E-state index is -0.224. The highest BCUT2D eigenvalue weighted by molar-refractivity contribution is 6.03. The van der Waals surface area contributed by atoms with Gasteiger partial charge in [0.2, 0.25) is 0 Å². The third-order valence-electron chi connectivity index (χ3n) is 4.92. The molecule has 1 saturated heterocycles. The van der Waals surface area contributed by atoms with Gasteiger partial charge in [0.25, 0.3) is 5.91 Å². The second-order valence-electron chi connectivity index (χ2n) is 6.80. The van der Waals surface area contributed by atoms with Gasteiger partial charge in [0.05, 0.1) is 17.8 Å². The second kappa shape index (κ2) is 8.54. The predicted molar refractivity (Wildman–Crippen MR) is 109 cm³/mol. The number of aromatic nitrogens is 4. The van der Waals surface area contributed by atoms with Crippen LogP contribution in [-0.2, 0) is 6.54 Å². The lowest BCUT2D eigenvalue weighted by Gasteiger charge is -2.22. The summed E-state index contributed by atoms with van der Waals surface area (Å²) in [5.74, 6) is -0.224. The van der Waals surface area contributed by atoms with Crippen LogP contribution in [0.25, 0.3) is 10.9 Å². The molecule has 7 nitrogen and oxygen atoms in total. The van der Waals surface area contributed by atoms with Crippen molar-refractivity contribution in [3.05, 3.63) is 42.4 Å². The zero-order valence-electron chi connectivity index (χ0n) is 15.4. The van der Waals surface area contributed by atoms with E-state index in [0.29, 0.717) is 11.7 Å². The molecule has 0 bridgehead atoms. The van der Waals surface area contributed by atoms with Gasteiger partial charge in [0.1, 0.15) is 0 Å². The Labute approximate surface area is 164 Å². The van der Waals surface area contributed by atoms with Crippen LogP contribution < -0.4 is 10.6 Å². The summed E-state index contributed by atoms with van der Waals surface area (Å²) < 4.78 is 4.03. The molecule has 1 aliphatic heterocycles. The molecule has 1 aliphatic rings. The molecule has 0 atom stereocenters. The molecule has 3 aromatic rings. The van der Waals surface area contributed by atoms with E-state index in [0.717, 1.165) is 50.1 Å². The lowest BCUT2D eigenvalue weighted by Crippen LogP contribution is -2.29. The van der Waals surface area contributed by atoms with Crippen LogP contribution in [0, 0.1) is 0 Å². The number of nitrogens with zero attached hydrogens (tertiary/aromatic N) is 4. The molecule has 3 heterocycles. The van der Waals surface area contributed by atoms with Gasteiger partial charge in [-0.15, -0.1) is 17.5 Å². The third kappa shape index (κ3) is 4.14. The van der Waals surface area contributed by atoms with Crippen molar-refractivity contribution in [1.82, 2.24) is 24.9 Å². The maximum Gasteiger partial charge on any atom is 0.277 e. The van der Waals surface area contributed by atoms with Crippen molar-refractivity contribution in [3.8, 4) is 0 Å². The van der Waals surface area contributed by atoms with Crippen molar-refractivity contribution in [2.45, 2.75) is 38.8 Å². The van der Waals surface area contributed by atoms with Crippen molar-refractivity contribution in [1.29, 1.82) is 0 Å². The quantitative estimate of drug-likeness (QED) is 0.703. The predicted octanol–water partition coefficient (Wildman–Crippen LogP) is 3.24. The first-order valence-electron chi connectivity index (χ1n) is 9.27. The van der Waals surface area contributed by atoms with Crippen molar-refractivity contribution in [2.75, 3.05) is 18.4 Å². The van der Waals surface area contributed by atoms with E-state index in [1.165, 1.54) is 5.39 Å². The number of fused-ring (bicyclic) bond motifs is 1. The summed E-state index contributed by atoms with van der Waals surface area (Å²) in [6.45, 7) is 5.07. The highest BCUT2D eigenvalue weighted by atomic mass is 35.5. The third-order valence-corrected chi connectivity index (χ3v) is 4.92. The summed E-state index contributed by atoms with van der Waals surface area (Å²) in [7, 11) is 0. The average molecular weight is 389 g/mol. The van der Waals surface area contributed by atoms with Gasteiger partial charge in [-0.3, -0.25) is 4.79 Å². The van der Waals surface area contributed by atoms with Gasteiger partial charge in [-0.1, -0.05) is 18.2 Å². The van der Waals surface area contributed by atoms with Crippen molar-refractivity contribution in [3.63, 3.8) is 0 Å². The highest BCUT2D eigenvalue weighted by Crippen LogP contribution is 2.22. The number of nitrogens with one attached hydrogen (secondary N) is 2. The Morgan fingerprint density at radius 3 is 2.89 bits per heavy atom. The van der Waals surface area contributed by atoms with Crippen LogP contribution in [0.15, 0.2) is 36.7 Å². The van der Waals surface area contributed by atoms with E-state index in [-0.39, 0.29) is 18.3 Å². The normalized spacial score (nSPS) is 14.9. The fraction of sp³-hybridized carbons (Fsp3) is 0.421. The SMILES string of the molecule is CCCn1ccc2ccc(NC(=O)c3cn(C4CCNCC4)nn3)cc21.Cl. The van der Waals surface area contributed by atoms with E-state index >= 15 is 0 Å². The number of benzene rings is 1. The molecule has 1 fully saturated rings. The first kappa shape index (κ1) is 19.4. The molecule has 1 aromatic carbocycles. The van der Waals surface area contributed by atoms with Crippen molar-refractivity contribution >= 4 is 34.9 Å². The Bertz CT molecular complexity index is 912. The Morgan fingerprint density at radius 2 is 2.11 bits per heavy atom. The van der Waals surface area contributed by atoms with Crippen LogP contribution in [0.4, 0.5) is 5.69 Å². The summed E-state index contributed by atoms with van der Waals surface area (Å²) in [4.78, 5) is 12.5. The molecule has 0 unspecified atom stereocenters. The number of amides is 1. The molecule has 2 N–H and O–H groups in total. The van der Waals surface area contributed by atoms with Gasteiger partial charge in [-0.05, 0) is 55.9 Å². The summed E-state index contributed by atoms with van der Waals surface area (Å²) in [5.41, 5.74) is 2.26. The largest absolute Gasteiger partial charge is 0.347 e. The average Bonchev–Trinajstić information content (AvgIpc) is 3.31. The number of hydrogen-bond donors (Lipinski definition) is 2. The van der Waals surface area contributed by atoms with E-state index in [2.05, 4.69) is 44.7 Å². The smallest absolute Gasteiger partial charge is 0.277 e. The number of carbonyl (C=O) groups is 1. The van der Waals surface area contributed by atoms with Gasteiger partial charge in [0, 0.05) is 18.4 Å². The van der Waals surface area contributed by atoms with Crippen LogP contribution in [0.5, 0.6) is 0 Å². The van der Waals surface area contributed by atoms with Crippen LogP contribution in [0.1, 0.15) is 42.7 Å². The van der Waals surface area contributed by atoms with Gasteiger partial charge >= 0.3 is 0 Å². The molecule has 0 saturated carbocycles. The zero-order valence-corrected chi connectivity index (χ0v) is 16.2. The maximum absolute atomic E-state index is 12.5. The topological polar surface area (TPSA) is 76.8 Å². The lowest BCUT2D eigenvalue weighted by atomic mass is 10.1. The van der Waals surface area contributed by atoms with E-state index in [1.54, 1.807) is 6.20 Å². The maximum atomic E-state index is 12.5. The molecular formula is C19H25ClN6O. The van der Waals surface area contributed by atoms with Crippen LogP contribution in [0.2, 0.25) is 0 Å². The molecule has 1 amide bonds. The number of piperidine rings is 1. The number of halogens is 1. The van der Waals surface area contributed by atoms with E-state index in [4.69, 9.17) is 0 Å². The fourth-order valence-electron chi connectivity index (χ4n) is 3.52. The van der Waals surface area contributed by atoms with Gasteiger partial charge < -0.3 is 15.2 Å². The zero-order chi connectivity index (χ0) is 17.9. The minimum absolute atomic E-state index is 0. The van der Waals surface area contributed by atoms with E-state index in [1.807, 2.05) is 22.9 Å². The monoisotopic (exact) mass is 388 g/mol. The molecule has 4 rings (SSSR count).